The van der Waals surface area contributed by atoms with Crippen LogP contribution in [0, 0.1) is 5.82 Å². The van der Waals surface area contributed by atoms with E-state index in [1.54, 1.807) is 6.92 Å². The largest absolute Gasteiger partial charge is 0.494 e. The topological polar surface area (TPSA) is 56.8 Å². The van der Waals surface area contributed by atoms with E-state index in [4.69, 9.17) is 14.2 Å². The predicted molar refractivity (Wildman–Crippen MR) is 99.7 cm³/mol. The molecule has 6 heteroatoms. The van der Waals surface area contributed by atoms with E-state index < -0.39 is 6.10 Å². The van der Waals surface area contributed by atoms with Gasteiger partial charge >= 0.3 is 0 Å². The smallest absolute Gasteiger partial charge is 0.261 e. The van der Waals surface area contributed by atoms with Crippen LogP contribution in [0.5, 0.6) is 17.2 Å². The van der Waals surface area contributed by atoms with Gasteiger partial charge in [0.1, 0.15) is 29.2 Å². The second-order valence-corrected chi connectivity index (χ2v) is 6.57. The summed E-state index contributed by atoms with van der Waals surface area (Å²) < 4.78 is 30.0. The molecule has 5 nitrogen and oxygen atoms in total. The minimum atomic E-state index is -0.711. The van der Waals surface area contributed by atoms with Crippen LogP contribution in [0.25, 0.3) is 0 Å². The van der Waals surface area contributed by atoms with Crippen molar-refractivity contribution >= 4 is 5.91 Å². The third kappa shape index (κ3) is 4.70. The first-order valence-corrected chi connectivity index (χ1v) is 9.11. The van der Waals surface area contributed by atoms with Crippen molar-refractivity contribution < 1.29 is 23.4 Å². The molecule has 1 aliphatic heterocycles. The highest BCUT2D eigenvalue weighted by molar-refractivity contribution is 5.80. The van der Waals surface area contributed by atoms with Gasteiger partial charge < -0.3 is 19.5 Å². The van der Waals surface area contributed by atoms with Crippen molar-refractivity contribution in [2.24, 2.45) is 0 Å². The summed E-state index contributed by atoms with van der Waals surface area (Å²) in [6, 6.07) is 9.48. The van der Waals surface area contributed by atoms with Gasteiger partial charge in [0.25, 0.3) is 5.91 Å². The van der Waals surface area contributed by atoms with Crippen molar-refractivity contribution in [3.8, 4) is 17.2 Å². The molecule has 0 fully saturated rings. The van der Waals surface area contributed by atoms with Crippen LogP contribution in [0.4, 0.5) is 4.39 Å². The maximum atomic E-state index is 13.0. The molecule has 0 spiro atoms. The monoisotopic (exact) mass is 373 g/mol. The first kappa shape index (κ1) is 19.0. The van der Waals surface area contributed by atoms with E-state index in [1.165, 1.54) is 24.3 Å². The van der Waals surface area contributed by atoms with Crippen LogP contribution in [0.15, 0.2) is 36.4 Å². The third-order valence-corrected chi connectivity index (χ3v) is 4.33. The summed E-state index contributed by atoms with van der Waals surface area (Å²) in [6.45, 7) is 6.44. The van der Waals surface area contributed by atoms with Gasteiger partial charge in [-0.15, -0.1) is 0 Å². The summed E-state index contributed by atoms with van der Waals surface area (Å²) in [4.78, 5) is 12.4. The second-order valence-electron chi connectivity index (χ2n) is 6.57. The van der Waals surface area contributed by atoms with Crippen molar-refractivity contribution in [3.63, 3.8) is 0 Å². The van der Waals surface area contributed by atoms with Gasteiger partial charge in [0, 0.05) is 24.1 Å². The molecule has 2 unspecified atom stereocenters. The fourth-order valence-electron chi connectivity index (χ4n) is 3.01. The minimum Gasteiger partial charge on any atom is -0.494 e. The van der Waals surface area contributed by atoms with E-state index in [0.717, 1.165) is 29.0 Å². The van der Waals surface area contributed by atoms with Crippen molar-refractivity contribution in [3.05, 3.63) is 53.3 Å². The Bertz CT molecular complexity index is 807. The van der Waals surface area contributed by atoms with Crippen LogP contribution in [-0.4, -0.2) is 24.7 Å². The molecule has 27 heavy (non-hydrogen) atoms. The zero-order chi connectivity index (χ0) is 19.4. The molecule has 0 saturated heterocycles. The number of amides is 1. The minimum absolute atomic E-state index is 0.142. The lowest BCUT2D eigenvalue weighted by atomic mass is 10.1. The van der Waals surface area contributed by atoms with Crippen LogP contribution >= 0.6 is 0 Å². The molecule has 1 N–H and O–H groups in total. The summed E-state index contributed by atoms with van der Waals surface area (Å²) in [5, 5.41) is 2.86. The number of hydrogen-bond acceptors (Lipinski definition) is 4. The molecule has 2 aromatic carbocycles. The number of fused-ring (bicyclic) bond motifs is 1. The molecule has 2 atom stereocenters. The SMILES string of the molecule is CCOc1cc2c(cc1CNC(=O)C(C)Oc1ccc(F)cc1)OC(C)C2. The van der Waals surface area contributed by atoms with Gasteiger partial charge in [-0.1, -0.05) is 0 Å². The Balaban J connectivity index is 1.64. The van der Waals surface area contributed by atoms with E-state index in [1.807, 2.05) is 26.0 Å². The normalized spacial score (nSPS) is 16.2. The Kier molecular flexibility index (Phi) is 5.84. The molecule has 0 aromatic heterocycles. The van der Waals surface area contributed by atoms with Crippen molar-refractivity contribution in [2.75, 3.05) is 6.61 Å². The van der Waals surface area contributed by atoms with E-state index in [-0.39, 0.29) is 17.8 Å². The molecule has 1 heterocycles. The number of nitrogens with one attached hydrogen (secondary N) is 1. The highest BCUT2D eigenvalue weighted by Crippen LogP contribution is 2.35. The average molecular weight is 373 g/mol. The van der Waals surface area contributed by atoms with E-state index in [0.29, 0.717) is 18.9 Å². The molecule has 0 radical (unpaired) electrons. The Hall–Kier alpha value is -2.76. The van der Waals surface area contributed by atoms with Crippen molar-refractivity contribution in [1.82, 2.24) is 5.32 Å². The number of benzene rings is 2. The lowest BCUT2D eigenvalue weighted by molar-refractivity contribution is -0.127. The van der Waals surface area contributed by atoms with Gasteiger partial charge in [-0.25, -0.2) is 4.39 Å². The van der Waals surface area contributed by atoms with Crippen LogP contribution in [0.2, 0.25) is 0 Å². The fraction of sp³-hybridized carbons (Fsp3) is 0.381. The van der Waals surface area contributed by atoms with Crippen LogP contribution in [-0.2, 0) is 17.8 Å². The van der Waals surface area contributed by atoms with Gasteiger partial charge in [-0.3, -0.25) is 4.79 Å². The second kappa shape index (κ2) is 8.29. The quantitative estimate of drug-likeness (QED) is 0.805. The molecule has 1 amide bonds. The standard InChI is InChI=1S/C21H24FNO4/c1-4-25-19-10-15-9-13(2)26-20(15)11-16(19)12-23-21(24)14(3)27-18-7-5-17(22)6-8-18/h5-8,10-11,13-14H,4,9,12H2,1-3H3,(H,23,24). The van der Waals surface area contributed by atoms with E-state index in [9.17, 15) is 9.18 Å². The van der Waals surface area contributed by atoms with Gasteiger partial charge in [0.05, 0.1) is 6.61 Å². The summed E-state index contributed by atoms with van der Waals surface area (Å²) in [6.07, 6.45) is 0.282. The van der Waals surface area contributed by atoms with Crippen molar-refractivity contribution in [2.45, 2.75) is 45.9 Å². The Morgan fingerprint density at radius 2 is 2.07 bits per heavy atom. The maximum Gasteiger partial charge on any atom is 0.261 e. The lowest BCUT2D eigenvalue weighted by Gasteiger charge is -2.16. The van der Waals surface area contributed by atoms with Gasteiger partial charge in [0.2, 0.25) is 0 Å². The van der Waals surface area contributed by atoms with Crippen LogP contribution < -0.4 is 19.5 Å². The molecule has 3 rings (SSSR count). The van der Waals surface area contributed by atoms with Gasteiger partial charge in [-0.05, 0) is 57.2 Å². The first-order chi connectivity index (χ1) is 13.0. The highest BCUT2D eigenvalue weighted by atomic mass is 19.1. The number of carbonyl (C=O) groups excluding carboxylic acids is 1. The van der Waals surface area contributed by atoms with Crippen LogP contribution in [0.3, 0.4) is 0 Å². The van der Waals surface area contributed by atoms with Crippen molar-refractivity contribution in [1.29, 1.82) is 0 Å². The molecule has 0 bridgehead atoms. The Morgan fingerprint density at radius 3 is 2.78 bits per heavy atom. The summed E-state index contributed by atoms with van der Waals surface area (Å²) in [7, 11) is 0. The summed E-state index contributed by atoms with van der Waals surface area (Å²) in [5.41, 5.74) is 1.97. The third-order valence-electron chi connectivity index (χ3n) is 4.33. The average Bonchev–Trinajstić information content (AvgIpc) is 3.00. The number of ether oxygens (including phenoxy) is 3. The molecular weight excluding hydrogens is 349 g/mol. The van der Waals surface area contributed by atoms with Gasteiger partial charge in [0.15, 0.2) is 6.10 Å². The molecule has 144 valence electrons. The Labute approximate surface area is 158 Å². The number of halogens is 1. The number of hydrogen-bond donors (Lipinski definition) is 1. The summed E-state index contributed by atoms with van der Waals surface area (Å²) in [5.74, 6) is 1.41. The molecule has 1 aliphatic rings. The molecular formula is C21H24FNO4. The number of carbonyl (C=O) groups is 1. The van der Waals surface area contributed by atoms with Gasteiger partial charge in [-0.2, -0.15) is 0 Å². The fourth-order valence-corrected chi connectivity index (χ4v) is 3.01. The first-order valence-electron chi connectivity index (χ1n) is 9.11. The highest BCUT2D eigenvalue weighted by Gasteiger charge is 2.22. The zero-order valence-corrected chi connectivity index (χ0v) is 15.8. The molecule has 0 saturated carbocycles. The Morgan fingerprint density at radius 1 is 1.33 bits per heavy atom. The predicted octanol–water partition coefficient (Wildman–Crippen LogP) is 3.63. The van der Waals surface area contributed by atoms with E-state index in [2.05, 4.69) is 5.32 Å². The zero-order valence-electron chi connectivity index (χ0n) is 15.8. The van der Waals surface area contributed by atoms with Crippen LogP contribution in [0.1, 0.15) is 31.9 Å². The number of rotatable bonds is 7. The molecule has 0 aliphatic carbocycles. The van der Waals surface area contributed by atoms with E-state index >= 15 is 0 Å². The summed E-state index contributed by atoms with van der Waals surface area (Å²) >= 11 is 0. The maximum absolute atomic E-state index is 13.0. The molecule has 2 aromatic rings. The lowest BCUT2D eigenvalue weighted by Crippen LogP contribution is -2.36.